The van der Waals surface area contributed by atoms with Crippen LogP contribution >= 0.6 is 0 Å². The maximum Gasteiger partial charge on any atom is 0.406 e. The van der Waals surface area contributed by atoms with Gasteiger partial charge in [0.15, 0.2) is 0 Å². The van der Waals surface area contributed by atoms with Crippen LogP contribution in [0.15, 0.2) is 0 Å². The molecule has 3 fully saturated rings. The van der Waals surface area contributed by atoms with Gasteiger partial charge in [0.1, 0.15) is 18.7 Å². The number of piperidine rings is 1. The first-order valence-electron chi connectivity index (χ1n) is 15.1. The number of primary amides is 1. The van der Waals surface area contributed by atoms with Crippen molar-refractivity contribution in [1.82, 2.24) is 26.2 Å². The third-order valence-corrected chi connectivity index (χ3v) is 9.23. The van der Waals surface area contributed by atoms with Crippen molar-refractivity contribution in [3.8, 4) is 0 Å². The highest BCUT2D eigenvalue weighted by molar-refractivity contribution is 6.37. The first-order chi connectivity index (χ1) is 19.7. The average molecular weight is 607 g/mol. The number of amides is 6. The van der Waals surface area contributed by atoms with Gasteiger partial charge in [0, 0.05) is 13.6 Å². The summed E-state index contributed by atoms with van der Waals surface area (Å²) in [6.07, 6.45) is 1.53. The van der Waals surface area contributed by atoms with E-state index in [0.717, 1.165) is 12.8 Å². The number of nitrogens with one attached hydrogen (secondary N) is 4. The minimum atomic E-state index is -1.10. The number of carbonyl (C=O) groups is 6. The van der Waals surface area contributed by atoms with E-state index in [1.807, 2.05) is 55.4 Å². The number of hydrogen-bond donors (Lipinski definition) is 5. The van der Waals surface area contributed by atoms with E-state index in [1.54, 1.807) is 0 Å². The molecular weight excluding hydrogens is 556 g/mol. The minimum absolute atomic E-state index is 0.0718. The topological polar surface area (TPSA) is 189 Å². The number of hydrogen-bond acceptors (Lipinski definition) is 7. The van der Waals surface area contributed by atoms with E-state index in [-0.39, 0.29) is 29.8 Å². The molecule has 6 N–H and O–H groups in total. The lowest BCUT2D eigenvalue weighted by Crippen LogP contribution is -2.62. The van der Waals surface area contributed by atoms with Crippen molar-refractivity contribution in [3.05, 3.63) is 0 Å². The molecule has 0 spiro atoms. The molecule has 1 saturated heterocycles. The van der Waals surface area contributed by atoms with Gasteiger partial charge in [-0.05, 0) is 40.4 Å². The molecule has 3 aliphatic rings. The summed E-state index contributed by atoms with van der Waals surface area (Å²) >= 11 is 0. The van der Waals surface area contributed by atoms with Gasteiger partial charge in [0.25, 0.3) is 5.91 Å². The number of ether oxygens (including phenoxy) is 1. The zero-order valence-corrected chi connectivity index (χ0v) is 27.0. The van der Waals surface area contributed by atoms with Crippen molar-refractivity contribution in [2.45, 2.75) is 98.8 Å². The SMILES string of the molecule is CNC(=O)OC[C@H](NC(=O)N[C@H](C(=O)N1CC2C([C@H]1C(=O)NC(CC1CC1)C(=O)C(N)=O)C2(C)C)C(C)(C)C)C(C)(C)C. The predicted molar refractivity (Wildman–Crippen MR) is 158 cm³/mol. The maximum atomic E-state index is 14.2. The summed E-state index contributed by atoms with van der Waals surface area (Å²) < 4.78 is 5.18. The van der Waals surface area contributed by atoms with Crippen molar-refractivity contribution < 1.29 is 33.5 Å². The van der Waals surface area contributed by atoms with E-state index in [2.05, 4.69) is 21.3 Å². The fraction of sp³-hybridized carbons (Fsp3) is 0.800. The monoisotopic (exact) mass is 606 g/mol. The maximum absolute atomic E-state index is 14.2. The number of ketones is 1. The molecule has 1 aliphatic heterocycles. The lowest BCUT2D eigenvalue weighted by atomic mass is 9.85. The van der Waals surface area contributed by atoms with E-state index in [0.29, 0.717) is 13.0 Å². The highest BCUT2D eigenvalue weighted by atomic mass is 16.5. The number of nitrogens with two attached hydrogens (primary N) is 1. The Morgan fingerprint density at radius 3 is 2.05 bits per heavy atom. The van der Waals surface area contributed by atoms with Gasteiger partial charge in [-0.2, -0.15) is 0 Å². The largest absolute Gasteiger partial charge is 0.447 e. The van der Waals surface area contributed by atoms with Crippen LogP contribution < -0.4 is 27.0 Å². The number of likely N-dealkylation sites (tertiary alicyclic amines) is 1. The summed E-state index contributed by atoms with van der Waals surface area (Å²) in [5.74, 6) is -2.69. The summed E-state index contributed by atoms with van der Waals surface area (Å²) in [6.45, 7) is 15.4. The average Bonchev–Trinajstić information content (AvgIpc) is 3.74. The second-order valence-corrected chi connectivity index (χ2v) is 15.0. The molecular formula is C30H50N6O7. The first kappa shape index (κ1) is 34.1. The lowest BCUT2D eigenvalue weighted by Gasteiger charge is -2.38. The number of rotatable bonds is 11. The second-order valence-electron chi connectivity index (χ2n) is 15.0. The molecule has 6 atom stereocenters. The van der Waals surface area contributed by atoms with Crippen LogP contribution in [0, 0.1) is 34.0 Å². The summed E-state index contributed by atoms with van der Waals surface area (Å²) in [4.78, 5) is 78.6. The quantitative estimate of drug-likeness (QED) is 0.219. The predicted octanol–water partition coefficient (Wildman–Crippen LogP) is 1.29. The summed E-state index contributed by atoms with van der Waals surface area (Å²) in [5, 5.41) is 10.8. The smallest absolute Gasteiger partial charge is 0.406 e. The van der Waals surface area contributed by atoms with Crippen molar-refractivity contribution in [2.75, 3.05) is 20.2 Å². The van der Waals surface area contributed by atoms with Crippen LogP contribution in [-0.2, 0) is 23.9 Å². The fourth-order valence-corrected chi connectivity index (χ4v) is 6.05. The number of fused-ring (bicyclic) bond motifs is 1. The number of nitrogens with zero attached hydrogens (tertiary/aromatic N) is 1. The van der Waals surface area contributed by atoms with E-state index in [4.69, 9.17) is 10.5 Å². The second kappa shape index (κ2) is 12.3. The molecule has 6 amide bonds. The molecule has 0 aromatic heterocycles. The molecule has 43 heavy (non-hydrogen) atoms. The molecule has 0 aromatic rings. The molecule has 2 saturated carbocycles. The number of alkyl carbamates (subject to hydrolysis) is 1. The summed E-state index contributed by atoms with van der Waals surface area (Å²) in [7, 11) is 1.44. The van der Waals surface area contributed by atoms with E-state index in [9.17, 15) is 28.8 Å². The summed E-state index contributed by atoms with van der Waals surface area (Å²) in [6, 6.07) is -4.09. The minimum Gasteiger partial charge on any atom is -0.447 e. The number of carbonyl (C=O) groups excluding carboxylic acids is 6. The van der Waals surface area contributed by atoms with Crippen LogP contribution in [0.3, 0.4) is 0 Å². The highest BCUT2D eigenvalue weighted by Crippen LogP contribution is 2.65. The van der Waals surface area contributed by atoms with Crippen LogP contribution in [0.25, 0.3) is 0 Å². The molecule has 2 aliphatic carbocycles. The molecule has 1 heterocycles. The van der Waals surface area contributed by atoms with Gasteiger partial charge in [0.05, 0.1) is 12.1 Å². The van der Waals surface area contributed by atoms with Gasteiger partial charge >= 0.3 is 12.1 Å². The van der Waals surface area contributed by atoms with Crippen LogP contribution in [-0.4, -0.2) is 84.9 Å². The zero-order valence-electron chi connectivity index (χ0n) is 27.0. The molecule has 13 heteroatoms. The highest BCUT2D eigenvalue weighted by Gasteiger charge is 2.70. The van der Waals surface area contributed by atoms with E-state index in [1.165, 1.54) is 11.9 Å². The molecule has 13 nitrogen and oxygen atoms in total. The lowest BCUT2D eigenvalue weighted by molar-refractivity contribution is -0.145. The van der Waals surface area contributed by atoms with Crippen molar-refractivity contribution in [2.24, 2.45) is 39.7 Å². The fourth-order valence-electron chi connectivity index (χ4n) is 6.05. The van der Waals surface area contributed by atoms with Gasteiger partial charge in [-0.15, -0.1) is 0 Å². The Morgan fingerprint density at radius 1 is 0.953 bits per heavy atom. The molecule has 0 aromatic carbocycles. The number of Topliss-reactive ketones (excluding diaryl/α,β-unsaturated/α-hetero) is 1. The first-order valence-corrected chi connectivity index (χ1v) is 15.1. The Labute approximate surface area is 254 Å². The van der Waals surface area contributed by atoms with Crippen LogP contribution in [0.4, 0.5) is 9.59 Å². The molecule has 0 radical (unpaired) electrons. The van der Waals surface area contributed by atoms with Crippen molar-refractivity contribution >= 4 is 35.6 Å². The molecule has 242 valence electrons. The third kappa shape index (κ3) is 7.97. The number of urea groups is 1. The van der Waals surface area contributed by atoms with Gasteiger partial charge in [-0.3, -0.25) is 19.2 Å². The Hall–Kier alpha value is -3.38. The van der Waals surface area contributed by atoms with Crippen LogP contribution in [0.5, 0.6) is 0 Å². The Balaban J connectivity index is 1.80. The zero-order chi connectivity index (χ0) is 32.7. The Morgan fingerprint density at radius 2 is 1.56 bits per heavy atom. The van der Waals surface area contributed by atoms with Crippen molar-refractivity contribution in [1.29, 1.82) is 0 Å². The third-order valence-electron chi connectivity index (χ3n) is 9.23. The van der Waals surface area contributed by atoms with Crippen molar-refractivity contribution in [3.63, 3.8) is 0 Å². The van der Waals surface area contributed by atoms with E-state index >= 15 is 0 Å². The van der Waals surface area contributed by atoms with Crippen LogP contribution in [0.1, 0.15) is 74.7 Å². The molecule has 3 rings (SSSR count). The van der Waals surface area contributed by atoms with Crippen LogP contribution in [0.2, 0.25) is 0 Å². The summed E-state index contributed by atoms with van der Waals surface area (Å²) in [5.41, 5.74) is 3.88. The standard InChI is InChI=1S/C30H50N6O7/c1-28(2,3)18(14-43-27(42)32-9)34-26(41)35-22(29(4,5)6)25(40)36-13-16-19(30(16,7)8)20(36)24(39)33-17(12-15-10-11-15)21(37)23(31)38/h15-20,22H,10-14H2,1-9H3,(H2,31,38)(H,32,42)(H,33,39)(H2,34,35,41)/t16?,17?,18-,19?,20-,22+/m0/s1. The van der Waals surface area contributed by atoms with E-state index < -0.39 is 70.6 Å². The Kier molecular flexibility index (Phi) is 9.77. The van der Waals surface area contributed by atoms with Gasteiger partial charge in [-0.25, -0.2) is 9.59 Å². The van der Waals surface area contributed by atoms with Gasteiger partial charge in [0.2, 0.25) is 17.6 Å². The molecule has 3 unspecified atom stereocenters. The normalized spacial score (nSPS) is 24.5. The van der Waals surface area contributed by atoms with Gasteiger partial charge in [-0.1, -0.05) is 68.2 Å². The van der Waals surface area contributed by atoms with Gasteiger partial charge < -0.3 is 36.6 Å². The molecule has 0 bridgehead atoms. The Bertz CT molecular complexity index is 1140.